The molecule has 0 radical (unpaired) electrons. The van der Waals surface area contributed by atoms with Crippen molar-refractivity contribution >= 4 is 5.97 Å². The number of ether oxygens (including phenoxy) is 2. The number of aliphatic hydroxyl groups is 1. The molecule has 0 aliphatic rings. The van der Waals surface area contributed by atoms with Crippen LogP contribution in [0.3, 0.4) is 0 Å². The molecule has 0 heterocycles. The van der Waals surface area contributed by atoms with Gasteiger partial charge < -0.3 is 14.6 Å². The van der Waals surface area contributed by atoms with Crippen molar-refractivity contribution in [3.05, 3.63) is 24.3 Å². The summed E-state index contributed by atoms with van der Waals surface area (Å²) in [6.07, 6.45) is 55.4. The molecule has 51 heavy (non-hydrogen) atoms. The molecule has 0 amide bonds. The molecule has 0 aromatic carbocycles. The Bertz CT molecular complexity index is 717. The summed E-state index contributed by atoms with van der Waals surface area (Å²) in [5.41, 5.74) is 0. The zero-order valence-electron chi connectivity index (χ0n) is 34.6. The Kier molecular flexibility index (Phi) is 44.0. The van der Waals surface area contributed by atoms with E-state index < -0.39 is 6.10 Å². The summed E-state index contributed by atoms with van der Waals surface area (Å²) in [5, 5.41) is 9.61. The van der Waals surface area contributed by atoms with Crippen molar-refractivity contribution in [3.63, 3.8) is 0 Å². The molecule has 0 fully saturated rings. The Balaban J connectivity index is 3.37. The highest BCUT2D eigenvalue weighted by atomic mass is 16.6. The van der Waals surface area contributed by atoms with Crippen molar-refractivity contribution in [2.24, 2.45) is 0 Å². The van der Waals surface area contributed by atoms with Crippen LogP contribution in [0.4, 0.5) is 0 Å². The van der Waals surface area contributed by atoms with Gasteiger partial charge in [-0.15, -0.1) is 0 Å². The van der Waals surface area contributed by atoms with Crippen LogP contribution in [0.25, 0.3) is 0 Å². The molecule has 0 bridgehead atoms. The van der Waals surface area contributed by atoms with Crippen LogP contribution in [0, 0.1) is 0 Å². The Labute approximate surface area is 319 Å². The van der Waals surface area contributed by atoms with Crippen LogP contribution in [0.15, 0.2) is 24.3 Å². The van der Waals surface area contributed by atoms with Crippen LogP contribution in [-0.2, 0) is 14.3 Å². The van der Waals surface area contributed by atoms with E-state index >= 15 is 0 Å². The summed E-state index contributed by atoms with van der Waals surface area (Å²) < 4.78 is 11.2. The van der Waals surface area contributed by atoms with Gasteiger partial charge in [0.05, 0.1) is 13.2 Å². The molecule has 1 unspecified atom stereocenters. The van der Waals surface area contributed by atoms with Gasteiger partial charge in [-0.05, 0) is 38.5 Å². The normalized spacial score (nSPS) is 12.5. The summed E-state index contributed by atoms with van der Waals surface area (Å²) in [6.45, 7) is 5.32. The van der Waals surface area contributed by atoms with Crippen LogP contribution in [0.2, 0.25) is 0 Å². The van der Waals surface area contributed by atoms with Crippen molar-refractivity contribution in [1.29, 1.82) is 0 Å². The fraction of sp³-hybridized carbons (Fsp3) is 0.894. The number of aliphatic hydroxyl groups excluding tert-OH is 1. The highest BCUT2D eigenvalue weighted by Crippen LogP contribution is 2.16. The summed E-state index contributed by atoms with van der Waals surface area (Å²) >= 11 is 0. The third-order valence-electron chi connectivity index (χ3n) is 10.3. The monoisotopic (exact) mass is 719 g/mol. The van der Waals surface area contributed by atoms with Crippen LogP contribution < -0.4 is 0 Å². The number of rotatable bonds is 43. The molecule has 0 aliphatic heterocycles. The minimum absolute atomic E-state index is 0.172. The molecule has 0 saturated heterocycles. The van der Waals surface area contributed by atoms with Crippen molar-refractivity contribution < 1.29 is 19.4 Å². The van der Waals surface area contributed by atoms with Crippen LogP contribution in [0.1, 0.15) is 245 Å². The van der Waals surface area contributed by atoms with Gasteiger partial charge in [0, 0.05) is 13.0 Å². The SMILES string of the molecule is CCCC/C=C\C/C=C\CCCCCCCCOCC(CO)OC(=O)CCCCCCCCCCCCCCCCCCCCCCCCCC. The lowest BCUT2D eigenvalue weighted by Crippen LogP contribution is -2.27. The zero-order chi connectivity index (χ0) is 37.0. The van der Waals surface area contributed by atoms with Crippen molar-refractivity contribution in [2.75, 3.05) is 19.8 Å². The summed E-state index contributed by atoms with van der Waals surface area (Å²) in [5.74, 6) is -0.199. The van der Waals surface area contributed by atoms with Gasteiger partial charge in [0.15, 0.2) is 0 Å². The topological polar surface area (TPSA) is 55.8 Å². The molecule has 0 spiro atoms. The lowest BCUT2D eigenvalue weighted by atomic mass is 10.0. The Morgan fingerprint density at radius 3 is 1.27 bits per heavy atom. The third-order valence-corrected chi connectivity index (χ3v) is 10.3. The number of unbranched alkanes of at least 4 members (excludes halogenated alkanes) is 31. The molecule has 0 aliphatic carbocycles. The molecule has 0 aromatic rings. The van der Waals surface area contributed by atoms with Crippen molar-refractivity contribution in [2.45, 2.75) is 251 Å². The number of carbonyl (C=O) groups excluding carboxylic acids is 1. The van der Waals surface area contributed by atoms with Gasteiger partial charge in [-0.2, -0.15) is 0 Å². The Morgan fingerprint density at radius 2 is 0.843 bits per heavy atom. The molecule has 0 rings (SSSR count). The average molecular weight is 719 g/mol. The minimum atomic E-state index is -0.535. The Morgan fingerprint density at radius 1 is 0.471 bits per heavy atom. The Hall–Kier alpha value is -1.13. The molecule has 0 saturated carbocycles. The molecule has 1 N–H and O–H groups in total. The molecule has 4 nitrogen and oxygen atoms in total. The lowest BCUT2D eigenvalue weighted by Gasteiger charge is -2.15. The maximum Gasteiger partial charge on any atom is 0.306 e. The molecule has 1 atom stereocenters. The smallest absolute Gasteiger partial charge is 0.306 e. The fourth-order valence-electron chi connectivity index (χ4n) is 6.82. The van der Waals surface area contributed by atoms with E-state index in [4.69, 9.17) is 9.47 Å². The average Bonchev–Trinajstić information content (AvgIpc) is 3.14. The number of hydrogen-bond acceptors (Lipinski definition) is 4. The third kappa shape index (κ3) is 43.2. The van der Waals surface area contributed by atoms with E-state index in [0.29, 0.717) is 19.6 Å². The van der Waals surface area contributed by atoms with Crippen LogP contribution in [0.5, 0.6) is 0 Å². The van der Waals surface area contributed by atoms with Crippen LogP contribution in [-0.4, -0.2) is 37.0 Å². The van der Waals surface area contributed by atoms with E-state index in [1.807, 2.05) is 0 Å². The van der Waals surface area contributed by atoms with E-state index in [2.05, 4.69) is 38.2 Å². The summed E-state index contributed by atoms with van der Waals surface area (Å²) in [7, 11) is 0. The van der Waals surface area contributed by atoms with E-state index in [0.717, 1.165) is 25.7 Å². The minimum Gasteiger partial charge on any atom is -0.457 e. The first-order valence-electron chi connectivity index (χ1n) is 22.9. The predicted molar refractivity (Wildman–Crippen MR) is 224 cm³/mol. The lowest BCUT2D eigenvalue weighted by molar-refractivity contribution is -0.154. The van der Waals surface area contributed by atoms with Gasteiger partial charge >= 0.3 is 5.97 Å². The van der Waals surface area contributed by atoms with Gasteiger partial charge in [-0.1, -0.05) is 224 Å². The number of hydrogen-bond donors (Lipinski definition) is 1. The van der Waals surface area contributed by atoms with Gasteiger partial charge in [-0.3, -0.25) is 4.79 Å². The first kappa shape index (κ1) is 49.9. The van der Waals surface area contributed by atoms with E-state index in [1.54, 1.807) is 0 Å². The molecule has 302 valence electrons. The fourth-order valence-corrected chi connectivity index (χ4v) is 6.82. The van der Waals surface area contributed by atoms with Gasteiger partial charge in [0.2, 0.25) is 0 Å². The second kappa shape index (κ2) is 45.0. The summed E-state index contributed by atoms with van der Waals surface area (Å²) in [4.78, 5) is 12.2. The highest BCUT2D eigenvalue weighted by molar-refractivity contribution is 5.69. The number of esters is 1. The maximum atomic E-state index is 12.2. The standard InChI is InChI=1S/C47H90O4/c1-3-5-7-9-11-13-15-17-19-20-21-22-23-24-25-26-27-28-30-32-34-36-38-40-42-47(49)51-46(44-48)45-50-43-41-39-37-35-33-31-29-18-16-14-12-10-8-6-4-2/h10,12,16,18,46,48H,3-9,11,13-15,17,19-45H2,1-2H3/b12-10-,18-16-. The summed E-state index contributed by atoms with van der Waals surface area (Å²) in [6, 6.07) is 0. The molecular formula is C47H90O4. The maximum absolute atomic E-state index is 12.2. The quantitative estimate of drug-likeness (QED) is 0.0387. The van der Waals surface area contributed by atoms with Gasteiger partial charge in [-0.25, -0.2) is 0 Å². The molecule has 4 heteroatoms. The first-order valence-corrected chi connectivity index (χ1v) is 22.9. The van der Waals surface area contributed by atoms with Crippen LogP contribution >= 0.6 is 0 Å². The second-order valence-corrected chi connectivity index (χ2v) is 15.5. The largest absolute Gasteiger partial charge is 0.457 e. The van der Waals surface area contributed by atoms with Gasteiger partial charge in [0.1, 0.15) is 6.10 Å². The zero-order valence-corrected chi connectivity index (χ0v) is 34.6. The predicted octanol–water partition coefficient (Wildman–Crippen LogP) is 15.1. The second-order valence-electron chi connectivity index (χ2n) is 15.5. The van der Waals surface area contributed by atoms with Gasteiger partial charge in [0.25, 0.3) is 0 Å². The number of carbonyl (C=O) groups is 1. The highest BCUT2D eigenvalue weighted by Gasteiger charge is 2.13. The van der Waals surface area contributed by atoms with E-state index in [9.17, 15) is 9.90 Å². The number of allylic oxidation sites excluding steroid dienone is 4. The van der Waals surface area contributed by atoms with E-state index in [1.165, 1.54) is 199 Å². The van der Waals surface area contributed by atoms with Crippen molar-refractivity contribution in [1.82, 2.24) is 0 Å². The van der Waals surface area contributed by atoms with E-state index in [-0.39, 0.29) is 12.6 Å². The molecule has 0 aromatic heterocycles. The van der Waals surface area contributed by atoms with Crippen molar-refractivity contribution in [3.8, 4) is 0 Å². The first-order chi connectivity index (χ1) is 25.2. The molecular weight excluding hydrogens is 629 g/mol.